The van der Waals surface area contributed by atoms with Crippen LogP contribution in [0.15, 0.2) is 36.9 Å². The Morgan fingerprint density at radius 3 is 2.35 bits per heavy atom. The van der Waals surface area contributed by atoms with Crippen molar-refractivity contribution in [3.63, 3.8) is 0 Å². The minimum Gasteiger partial charge on any atom is -0.347 e. The normalized spacial score (nSPS) is 22.9. The van der Waals surface area contributed by atoms with Crippen LogP contribution in [0, 0.1) is 5.41 Å². The summed E-state index contributed by atoms with van der Waals surface area (Å²) in [4.78, 5) is 23.8. The van der Waals surface area contributed by atoms with Crippen LogP contribution in [0.2, 0.25) is 0 Å². The highest BCUT2D eigenvalue weighted by molar-refractivity contribution is 5.99. The maximum Gasteiger partial charge on any atom is 0.251 e. The third-order valence-corrected chi connectivity index (χ3v) is 4.47. The van der Waals surface area contributed by atoms with Crippen molar-refractivity contribution in [2.24, 2.45) is 5.41 Å². The largest absolute Gasteiger partial charge is 0.347 e. The molecule has 2 N–H and O–H groups in total. The average Bonchev–Trinajstić information content (AvgIpc) is 2.45. The zero-order valence-corrected chi connectivity index (χ0v) is 14.2. The summed E-state index contributed by atoms with van der Waals surface area (Å²) >= 11 is 0. The van der Waals surface area contributed by atoms with Gasteiger partial charge in [0, 0.05) is 16.8 Å². The predicted octanol–water partition coefficient (Wildman–Crippen LogP) is 3.90. The second-order valence-corrected chi connectivity index (χ2v) is 7.48. The van der Waals surface area contributed by atoms with Crippen LogP contribution in [0.3, 0.4) is 0 Å². The minimum absolute atomic E-state index is 0.0632. The van der Waals surface area contributed by atoms with Crippen LogP contribution in [0.5, 0.6) is 0 Å². The van der Waals surface area contributed by atoms with Crippen LogP contribution in [0.4, 0.5) is 5.69 Å². The molecule has 2 amide bonds. The number of hydrogen-bond donors (Lipinski definition) is 2. The number of carbonyl (C=O) groups is 2. The number of amides is 2. The van der Waals surface area contributed by atoms with Gasteiger partial charge in [-0.05, 0) is 61.9 Å². The van der Waals surface area contributed by atoms with E-state index in [4.69, 9.17) is 0 Å². The molecular formula is C19H26N2O2. The molecule has 23 heavy (non-hydrogen) atoms. The fraction of sp³-hybridized carbons (Fsp3) is 0.474. The molecular weight excluding hydrogens is 288 g/mol. The highest BCUT2D eigenvalue weighted by Crippen LogP contribution is 2.40. The molecule has 0 spiro atoms. The lowest BCUT2D eigenvalue weighted by Crippen LogP contribution is -2.50. The molecule has 1 aliphatic rings. The zero-order valence-electron chi connectivity index (χ0n) is 14.2. The zero-order chi connectivity index (χ0) is 17.1. The first-order valence-electron chi connectivity index (χ1n) is 8.09. The standard InChI is InChI=1S/C19H26N2O2/c1-5-16(22)20-15-9-7-14(8-10-15)17(23)21-19(4)12-6-11-18(2,3)13-19/h5,7-10H,1,6,11-13H2,2-4H3,(H,20,22)(H,21,23). The van der Waals surface area contributed by atoms with Gasteiger partial charge in [-0.25, -0.2) is 0 Å². The molecule has 0 aromatic heterocycles. The summed E-state index contributed by atoms with van der Waals surface area (Å²) in [6, 6.07) is 6.91. The number of hydrogen-bond acceptors (Lipinski definition) is 2. The molecule has 1 aromatic rings. The van der Waals surface area contributed by atoms with Crippen molar-refractivity contribution in [2.45, 2.75) is 52.0 Å². The van der Waals surface area contributed by atoms with Gasteiger partial charge >= 0.3 is 0 Å². The van der Waals surface area contributed by atoms with Crippen molar-refractivity contribution in [1.82, 2.24) is 5.32 Å². The smallest absolute Gasteiger partial charge is 0.251 e. The summed E-state index contributed by atoms with van der Waals surface area (Å²) in [7, 11) is 0. The first-order valence-corrected chi connectivity index (χ1v) is 8.09. The monoisotopic (exact) mass is 314 g/mol. The van der Waals surface area contributed by atoms with Gasteiger partial charge in [-0.15, -0.1) is 0 Å². The van der Waals surface area contributed by atoms with E-state index < -0.39 is 0 Å². The van der Waals surface area contributed by atoms with Gasteiger partial charge in [0.05, 0.1) is 0 Å². The van der Waals surface area contributed by atoms with E-state index in [2.05, 4.69) is 38.0 Å². The first-order chi connectivity index (χ1) is 10.7. The Morgan fingerprint density at radius 2 is 1.78 bits per heavy atom. The maximum atomic E-state index is 12.5. The Labute approximate surface area is 138 Å². The predicted molar refractivity (Wildman–Crippen MR) is 93.4 cm³/mol. The van der Waals surface area contributed by atoms with E-state index in [0.717, 1.165) is 19.3 Å². The second kappa shape index (κ2) is 6.57. The first kappa shape index (κ1) is 17.3. The number of benzene rings is 1. The van der Waals surface area contributed by atoms with Gasteiger partial charge in [-0.3, -0.25) is 9.59 Å². The van der Waals surface area contributed by atoms with Crippen molar-refractivity contribution >= 4 is 17.5 Å². The van der Waals surface area contributed by atoms with Gasteiger partial charge in [0.2, 0.25) is 5.91 Å². The van der Waals surface area contributed by atoms with Gasteiger partial charge in [-0.1, -0.05) is 26.8 Å². The van der Waals surface area contributed by atoms with Crippen LogP contribution < -0.4 is 10.6 Å². The summed E-state index contributed by atoms with van der Waals surface area (Å²) in [6.07, 6.45) is 5.55. The van der Waals surface area contributed by atoms with Crippen LogP contribution in [-0.2, 0) is 4.79 Å². The van der Waals surface area contributed by atoms with Crippen molar-refractivity contribution in [1.29, 1.82) is 0 Å². The molecule has 2 rings (SSSR count). The number of nitrogens with one attached hydrogen (secondary N) is 2. The lowest BCUT2D eigenvalue weighted by atomic mass is 9.69. The van der Waals surface area contributed by atoms with Crippen LogP contribution in [-0.4, -0.2) is 17.4 Å². The third-order valence-electron chi connectivity index (χ3n) is 4.47. The molecule has 4 heteroatoms. The highest BCUT2D eigenvalue weighted by Gasteiger charge is 2.37. The van der Waals surface area contributed by atoms with Gasteiger partial charge in [0.25, 0.3) is 5.91 Å². The molecule has 0 saturated heterocycles. The van der Waals surface area contributed by atoms with E-state index in [1.165, 1.54) is 12.5 Å². The van der Waals surface area contributed by atoms with Gasteiger partial charge < -0.3 is 10.6 Å². The van der Waals surface area contributed by atoms with E-state index >= 15 is 0 Å². The molecule has 1 unspecified atom stereocenters. The molecule has 1 saturated carbocycles. The van der Waals surface area contributed by atoms with Crippen molar-refractivity contribution < 1.29 is 9.59 Å². The van der Waals surface area contributed by atoms with Gasteiger partial charge in [0.1, 0.15) is 0 Å². The van der Waals surface area contributed by atoms with E-state index in [1.54, 1.807) is 24.3 Å². The Kier molecular flexibility index (Phi) is 4.93. The second-order valence-electron chi connectivity index (χ2n) is 7.48. The Bertz CT molecular complexity index is 604. The molecule has 1 fully saturated rings. The Balaban J connectivity index is 2.03. The SMILES string of the molecule is C=CC(=O)Nc1ccc(C(=O)NC2(C)CCCC(C)(C)C2)cc1. The van der Waals surface area contributed by atoms with E-state index in [9.17, 15) is 9.59 Å². The molecule has 0 aliphatic heterocycles. The number of carbonyl (C=O) groups excluding carboxylic acids is 2. The van der Waals surface area contributed by atoms with Crippen molar-refractivity contribution in [2.75, 3.05) is 5.32 Å². The minimum atomic E-state index is -0.265. The topological polar surface area (TPSA) is 58.2 Å². The molecule has 0 heterocycles. The fourth-order valence-corrected chi connectivity index (χ4v) is 3.54. The lowest BCUT2D eigenvalue weighted by Gasteiger charge is -2.43. The lowest BCUT2D eigenvalue weighted by molar-refractivity contribution is -0.111. The summed E-state index contributed by atoms with van der Waals surface area (Å²) in [5.74, 6) is -0.328. The van der Waals surface area contributed by atoms with Gasteiger partial charge in [0.15, 0.2) is 0 Å². The van der Waals surface area contributed by atoms with E-state index in [1.807, 2.05) is 0 Å². The molecule has 1 aromatic carbocycles. The molecule has 1 aliphatic carbocycles. The van der Waals surface area contributed by atoms with E-state index in [-0.39, 0.29) is 22.8 Å². The van der Waals surface area contributed by atoms with Gasteiger partial charge in [-0.2, -0.15) is 0 Å². The van der Waals surface area contributed by atoms with Crippen LogP contribution >= 0.6 is 0 Å². The summed E-state index contributed by atoms with van der Waals surface area (Å²) < 4.78 is 0. The molecule has 0 radical (unpaired) electrons. The summed E-state index contributed by atoms with van der Waals surface area (Å²) in [5, 5.41) is 5.86. The summed E-state index contributed by atoms with van der Waals surface area (Å²) in [5.41, 5.74) is 1.36. The molecule has 4 nitrogen and oxygen atoms in total. The average molecular weight is 314 g/mol. The quantitative estimate of drug-likeness (QED) is 0.828. The summed E-state index contributed by atoms with van der Waals surface area (Å²) in [6.45, 7) is 10.1. The number of rotatable bonds is 4. The van der Waals surface area contributed by atoms with Crippen molar-refractivity contribution in [3.05, 3.63) is 42.5 Å². The maximum absolute atomic E-state index is 12.5. The number of anilines is 1. The molecule has 1 atom stereocenters. The highest BCUT2D eigenvalue weighted by atomic mass is 16.2. The van der Waals surface area contributed by atoms with E-state index in [0.29, 0.717) is 11.3 Å². The molecule has 0 bridgehead atoms. The van der Waals surface area contributed by atoms with Crippen LogP contribution in [0.1, 0.15) is 56.8 Å². The Morgan fingerprint density at radius 1 is 1.13 bits per heavy atom. The fourth-order valence-electron chi connectivity index (χ4n) is 3.54. The third kappa shape index (κ3) is 4.68. The van der Waals surface area contributed by atoms with Crippen LogP contribution in [0.25, 0.3) is 0 Å². The van der Waals surface area contributed by atoms with Crippen molar-refractivity contribution in [3.8, 4) is 0 Å². The Hall–Kier alpha value is -2.10. The molecule has 124 valence electrons.